The fourth-order valence-electron chi connectivity index (χ4n) is 1.36. The first-order chi connectivity index (χ1) is 8.45. The van der Waals surface area contributed by atoms with Gasteiger partial charge in [0.1, 0.15) is 0 Å². The van der Waals surface area contributed by atoms with Crippen LogP contribution >= 0.6 is 0 Å². The van der Waals surface area contributed by atoms with Gasteiger partial charge in [0, 0.05) is 41.6 Å². The van der Waals surface area contributed by atoms with Crippen LogP contribution in [0.15, 0.2) is 29.2 Å². The third-order valence-corrected chi connectivity index (χ3v) is 4.48. The van der Waals surface area contributed by atoms with Crippen molar-refractivity contribution in [2.75, 3.05) is 30.4 Å². The molecule has 0 heterocycles. The van der Waals surface area contributed by atoms with Crippen molar-refractivity contribution in [1.29, 1.82) is 0 Å². The lowest BCUT2D eigenvalue weighted by molar-refractivity contribution is 0.584. The Hall–Kier alpha value is -0.920. The Balaban J connectivity index is 2.69. The van der Waals surface area contributed by atoms with Gasteiger partial charge in [0.25, 0.3) is 0 Å². The fourth-order valence-corrected chi connectivity index (χ4v) is 2.91. The quantitative estimate of drug-likeness (QED) is 0.778. The van der Waals surface area contributed by atoms with Crippen molar-refractivity contribution < 1.29 is 12.6 Å². The highest BCUT2D eigenvalue weighted by Gasteiger charge is 2.12. The van der Waals surface area contributed by atoms with Gasteiger partial charge in [0.05, 0.1) is 4.90 Å². The van der Waals surface area contributed by atoms with Crippen LogP contribution in [0.3, 0.4) is 0 Å². The van der Waals surface area contributed by atoms with Crippen molar-refractivity contribution in [3.63, 3.8) is 0 Å². The summed E-state index contributed by atoms with van der Waals surface area (Å²) in [5.74, 6) is 0.314. The Morgan fingerprint density at radius 1 is 1.22 bits per heavy atom. The molecule has 2 N–H and O–H groups in total. The van der Waals surface area contributed by atoms with Gasteiger partial charge in [0.2, 0.25) is 10.0 Å². The standard InChI is InChI=1S/C11H18N2O3S2/c1-3-12-10-4-6-11(7-5-10)18(15,16)13-8-9-17(2)14/h4-7,12-13H,3,8-9H2,1-2H3. The zero-order valence-electron chi connectivity index (χ0n) is 10.5. The first-order valence-corrected chi connectivity index (χ1v) is 8.80. The molecule has 1 rings (SSSR count). The molecule has 1 unspecified atom stereocenters. The minimum Gasteiger partial charge on any atom is -0.385 e. The summed E-state index contributed by atoms with van der Waals surface area (Å²) in [6, 6.07) is 6.53. The maximum absolute atomic E-state index is 11.9. The largest absolute Gasteiger partial charge is 0.385 e. The van der Waals surface area contributed by atoms with Crippen molar-refractivity contribution in [1.82, 2.24) is 4.72 Å². The van der Waals surface area contributed by atoms with Crippen molar-refractivity contribution in [3.8, 4) is 0 Å². The van der Waals surface area contributed by atoms with E-state index in [-0.39, 0.29) is 11.4 Å². The Morgan fingerprint density at radius 2 is 1.83 bits per heavy atom. The molecule has 1 aromatic rings. The molecule has 0 fully saturated rings. The number of rotatable bonds is 7. The predicted octanol–water partition coefficient (Wildman–Crippen LogP) is 0.775. The maximum atomic E-state index is 11.9. The highest BCUT2D eigenvalue weighted by Crippen LogP contribution is 2.13. The van der Waals surface area contributed by atoms with Gasteiger partial charge in [-0.05, 0) is 31.2 Å². The predicted molar refractivity (Wildman–Crippen MR) is 74.7 cm³/mol. The van der Waals surface area contributed by atoms with Crippen molar-refractivity contribution in [3.05, 3.63) is 24.3 Å². The van der Waals surface area contributed by atoms with E-state index in [1.165, 1.54) is 0 Å². The van der Waals surface area contributed by atoms with E-state index in [2.05, 4.69) is 10.0 Å². The smallest absolute Gasteiger partial charge is 0.240 e. The average Bonchev–Trinajstić information content (AvgIpc) is 2.29. The summed E-state index contributed by atoms with van der Waals surface area (Å²) in [5, 5.41) is 3.09. The molecular weight excluding hydrogens is 272 g/mol. The lowest BCUT2D eigenvalue weighted by Gasteiger charge is -2.07. The van der Waals surface area contributed by atoms with E-state index in [0.29, 0.717) is 5.75 Å². The lowest BCUT2D eigenvalue weighted by atomic mass is 10.3. The SMILES string of the molecule is CCNc1ccc(S(=O)(=O)NCCS(C)=O)cc1. The zero-order valence-corrected chi connectivity index (χ0v) is 12.1. The Kier molecular flexibility index (Phi) is 5.77. The molecular formula is C11H18N2O3S2. The molecule has 0 spiro atoms. The van der Waals surface area contributed by atoms with E-state index in [4.69, 9.17) is 0 Å². The van der Waals surface area contributed by atoms with Gasteiger partial charge in [-0.15, -0.1) is 0 Å². The third-order valence-electron chi connectivity index (χ3n) is 2.23. The minimum atomic E-state index is -3.50. The first-order valence-electron chi connectivity index (χ1n) is 5.59. The molecule has 18 heavy (non-hydrogen) atoms. The molecule has 0 aliphatic rings. The molecule has 0 bridgehead atoms. The minimum absolute atomic E-state index is 0.181. The summed E-state index contributed by atoms with van der Waals surface area (Å²) in [7, 11) is -4.50. The number of nitrogens with one attached hydrogen (secondary N) is 2. The number of hydrogen-bond acceptors (Lipinski definition) is 4. The van der Waals surface area contributed by atoms with Gasteiger partial charge >= 0.3 is 0 Å². The number of sulfonamides is 1. The van der Waals surface area contributed by atoms with Crippen LogP contribution in [0.5, 0.6) is 0 Å². The van der Waals surface area contributed by atoms with Gasteiger partial charge in [-0.2, -0.15) is 0 Å². The van der Waals surface area contributed by atoms with Crippen LogP contribution in [0.25, 0.3) is 0 Å². The molecule has 102 valence electrons. The molecule has 0 aliphatic heterocycles. The number of benzene rings is 1. The molecule has 0 saturated carbocycles. The van der Waals surface area contributed by atoms with Gasteiger partial charge in [-0.25, -0.2) is 13.1 Å². The van der Waals surface area contributed by atoms with Gasteiger partial charge < -0.3 is 5.32 Å². The van der Waals surface area contributed by atoms with Crippen LogP contribution < -0.4 is 10.0 Å². The van der Waals surface area contributed by atoms with E-state index in [1.807, 2.05) is 6.92 Å². The van der Waals surface area contributed by atoms with Crippen LogP contribution in [0.1, 0.15) is 6.92 Å². The van der Waals surface area contributed by atoms with Crippen LogP contribution in [-0.2, 0) is 20.8 Å². The van der Waals surface area contributed by atoms with Crippen LogP contribution in [0.4, 0.5) is 5.69 Å². The van der Waals surface area contributed by atoms with Gasteiger partial charge in [-0.3, -0.25) is 4.21 Å². The normalized spacial score (nSPS) is 13.2. The van der Waals surface area contributed by atoms with E-state index < -0.39 is 20.8 Å². The average molecular weight is 290 g/mol. The topological polar surface area (TPSA) is 75.3 Å². The summed E-state index contributed by atoms with van der Waals surface area (Å²) in [4.78, 5) is 0.214. The van der Waals surface area contributed by atoms with Crippen molar-refractivity contribution >= 4 is 26.5 Å². The van der Waals surface area contributed by atoms with E-state index in [0.717, 1.165) is 12.2 Å². The molecule has 0 aromatic heterocycles. The Labute approximate surface area is 110 Å². The second-order valence-electron chi connectivity index (χ2n) is 3.73. The Bertz CT molecular complexity index is 498. The summed E-state index contributed by atoms with van der Waals surface area (Å²) in [5.41, 5.74) is 0.881. The molecule has 0 saturated heterocycles. The monoisotopic (exact) mass is 290 g/mol. The Morgan fingerprint density at radius 3 is 2.33 bits per heavy atom. The molecule has 0 aliphatic carbocycles. The van der Waals surface area contributed by atoms with Crippen LogP contribution in [-0.4, -0.2) is 37.7 Å². The highest BCUT2D eigenvalue weighted by atomic mass is 32.2. The summed E-state index contributed by atoms with van der Waals surface area (Å²) < 4.78 is 37.0. The molecule has 7 heteroatoms. The molecule has 0 amide bonds. The first kappa shape index (κ1) is 15.1. The molecule has 1 aromatic carbocycles. The summed E-state index contributed by atoms with van der Waals surface area (Å²) in [6.07, 6.45) is 1.54. The van der Waals surface area contributed by atoms with Gasteiger partial charge in [0.15, 0.2) is 0 Å². The van der Waals surface area contributed by atoms with E-state index >= 15 is 0 Å². The van der Waals surface area contributed by atoms with Crippen molar-refractivity contribution in [2.24, 2.45) is 0 Å². The van der Waals surface area contributed by atoms with Crippen LogP contribution in [0.2, 0.25) is 0 Å². The zero-order chi connectivity index (χ0) is 13.6. The fraction of sp³-hybridized carbons (Fsp3) is 0.455. The van der Waals surface area contributed by atoms with Crippen LogP contribution in [0, 0.1) is 0 Å². The third kappa shape index (κ3) is 4.75. The second-order valence-corrected chi connectivity index (χ2v) is 7.05. The summed E-state index contributed by atoms with van der Waals surface area (Å²) in [6.45, 7) is 2.93. The molecule has 1 atom stereocenters. The molecule has 0 radical (unpaired) electrons. The highest BCUT2D eigenvalue weighted by molar-refractivity contribution is 7.89. The maximum Gasteiger partial charge on any atom is 0.240 e. The molecule has 5 nitrogen and oxygen atoms in total. The summed E-state index contributed by atoms with van der Waals surface area (Å²) >= 11 is 0. The number of hydrogen-bond donors (Lipinski definition) is 2. The van der Waals surface area contributed by atoms with Gasteiger partial charge in [-0.1, -0.05) is 0 Å². The van der Waals surface area contributed by atoms with Crippen molar-refractivity contribution in [2.45, 2.75) is 11.8 Å². The van der Waals surface area contributed by atoms with E-state index in [1.54, 1.807) is 30.5 Å². The number of anilines is 1. The van der Waals surface area contributed by atoms with E-state index in [9.17, 15) is 12.6 Å². The second kappa shape index (κ2) is 6.86. The lowest BCUT2D eigenvalue weighted by Crippen LogP contribution is -2.27.